The highest BCUT2D eigenvalue weighted by Gasteiger charge is 2.35. The Hall–Kier alpha value is -2.08. The predicted octanol–water partition coefficient (Wildman–Crippen LogP) is 5.08. The molecule has 3 aliphatic rings. The van der Waals surface area contributed by atoms with E-state index in [1.54, 1.807) is 0 Å². The summed E-state index contributed by atoms with van der Waals surface area (Å²) in [7, 11) is 0. The van der Waals surface area contributed by atoms with Crippen LogP contribution in [0.4, 0.5) is 0 Å². The van der Waals surface area contributed by atoms with Gasteiger partial charge in [0.1, 0.15) is 5.75 Å². The molecule has 200 valence electrons. The summed E-state index contributed by atoms with van der Waals surface area (Å²) in [6.07, 6.45) is 9.35. The highest BCUT2D eigenvalue weighted by Crippen LogP contribution is 2.40. The fourth-order valence-electron chi connectivity index (χ4n) is 6.13. The second-order valence-electron chi connectivity index (χ2n) is 12.2. The van der Waals surface area contributed by atoms with Crippen LogP contribution in [0.3, 0.4) is 0 Å². The molecule has 0 spiro atoms. The van der Waals surface area contributed by atoms with E-state index in [2.05, 4.69) is 25.7 Å². The molecule has 0 radical (unpaired) electrons. The van der Waals surface area contributed by atoms with E-state index in [1.165, 1.54) is 32.4 Å². The molecule has 0 bridgehead atoms. The largest absolute Gasteiger partial charge is 0.494 e. The number of piperidine rings is 1. The van der Waals surface area contributed by atoms with Gasteiger partial charge < -0.3 is 19.4 Å². The maximum atomic E-state index is 13.1. The summed E-state index contributed by atoms with van der Waals surface area (Å²) in [5.41, 5.74) is 1.02. The van der Waals surface area contributed by atoms with Gasteiger partial charge in [0.25, 0.3) is 5.91 Å². The van der Waals surface area contributed by atoms with Gasteiger partial charge in [-0.1, -0.05) is 27.2 Å². The molecule has 6 heteroatoms. The lowest BCUT2D eigenvalue weighted by Gasteiger charge is -2.40. The van der Waals surface area contributed by atoms with E-state index < -0.39 is 0 Å². The zero-order chi connectivity index (χ0) is 25.5. The minimum atomic E-state index is 0.0458. The van der Waals surface area contributed by atoms with Gasteiger partial charge >= 0.3 is 0 Å². The molecule has 0 aromatic heterocycles. The van der Waals surface area contributed by atoms with Gasteiger partial charge in [-0.2, -0.15) is 0 Å². The number of ether oxygens (including phenoxy) is 1. The monoisotopic (exact) mass is 497 g/mol. The number of rotatable bonds is 7. The van der Waals surface area contributed by atoms with E-state index in [0.29, 0.717) is 55.6 Å². The minimum absolute atomic E-state index is 0.0458. The molecular formula is C30H47N3O3. The van der Waals surface area contributed by atoms with Crippen LogP contribution in [0.25, 0.3) is 0 Å². The number of carbonyl (C=O) groups is 2. The van der Waals surface area contributed by atoms with Crippen molar-refractivity contribution in [1.82, 2.24) is 14.7 Å². The summed E-state index contributed by atoms with van der Waals surface area (Å²) in [6, 6.07) is 7.55. The first-order valence-corrected chi connectivity index (χ1v) is 14.3. The Bertz CT molecular complexity index is 841. The molecule has 1 aromatic carbocycles. The second kappa shape index (κ2) is 12.4. The minimum Gasteiger partial charge on any atom is -0.494 e. The molecule has 0 unspecified atom stereocenters. The normalized spacial score (nSPS) is 24.0. The molecule has 1 aliphatic carbocycles. The fourth-order valence-corrected chi connectivity index (χ4v) is 6.13. The molecule has 2 saturated heterocycles. The van der Waals surface area contributed by atoms with Gasteiger partial charge in [0.15, 0.2) is 0 Å². The number of piperazine rings is 1. The summed E-state index contributed by atoms with van der Waals surface area (Å²) in [5.74, 6) is 2.05. The van der Waals surface area contributed by atoms with E-state index in [1.807, 2.05) is 34.1 Å². The lowest BCUT2D eigenvalue weighted by Crippen LogP contribution is -2.52. The smallest absolute Gasteiger partial charge is 0.253 e. The lowest BCUT2D eigenvalue weighted by atomic mass is 9.69. The third kappa shape index (κ3) is 7.24. The zero-order valence-corrected chi connectivity index (χ0v) is 22.8. The van der Waals surface area contributed by atoms with Gasteiger partial charge in [0, 0.05) is 44.2 Å². The zero-order valence-electron chi connectivity index (χ0n) is 22.8. The van der Waals surface area contributed by atoms with Crippen molar-refractivity contribution in [2.24, 2.45) is 17.3 Å². The molecule has 2 amide bonds. The Balaban J connectivity index is 1.17. The van der Waals surface area contributed by atoms with Crippen LogP contribution in [0, 0.1) is 17.3 Å². The van der Waals surface area contributed by atoms with Gasteiger partial charge in [-0.3, -0.25) is 9.59 Å². The molecule has 3 fully saturated rings. The Morgan fingerprint density at radius 2 is 1.44 bits per heavy atom. The quantitative estimate of drug-likeness (QED) is 0.493. The highest BCUT2D eigenvalue weighted by molar-refractivity contribution is 5.94. The third-order valence-electron chi connectivity index (χ3n) is 8.62. The molecular weight excluding hydrogens is 450 g/mol. The summed E-state index contributed by atoms with van der Waals surface area (Å²) in [5, 5.41) is 0. The summed E-state index contributed by atoms with van der Waals surface area (Å²) >= 11 is 0. The number of carbonyl (C=O) groups excluding carboxylic acids is 2. The maximum absolute atomic E-state index is 13.1. The van der Waals surface area contributed by atoms with Crippen molar-refractivity contribution in [3.63, 3.8) is 0 Å². The Labute approximate surface area is 218 Å². The number of amides is 2. The van der Waals surface area contributed by atoms with Crippen LogP contribution >= 0.6 is 0 Å². The number of hydrogen-bond acceptors (Lipinski definition) is 4. The van der Waals surface area contributed by atoms with E-state index in [-0.39, 0.29) is 11.8 Å². The van der Waals surface area contributed by atoms with Crippen LogP contribution in [0.15, 0.2) is 24.3 Å². The fraction of sp³-hybridized carbons (Fsp3) is 0.733. The van der Waals surface area contributed by atoms with Crippen molar-refractivity contribution >= 4 is 11.8 Å². The van der Waals surface area contributed by atoms with Crippen LogP contribution in [0.2, 0.25) is 0 Å². The van der Waals surface area contributed by atoms with E-state index in [4.69, 9.17) is 4.74 Å². The molecule has 6 nitrogen and oxygen atoms in total. The molecule has 0 N–H and O–H groups in total. The molecule has 4 rings (SSSR count). The van der Waals surface area contributed by atoms with Gasteiger partial charge in [-0.15, -0.1) is 0 Å². The summed E-state index contributed by atoms with van der Waals surface area (Å²) in [4.78, 5) is 32.5. The number of hydrogen-bond donors (Lipinski definition) is 0. The Morgan fingerprint density at radius 3 is 2.06 bits per heavy atom. The van der Waals surface area contributed by atoms with Crippen molar-refractivity contribution in [3.05, 3.63) is 29.8 Å². The topological polar surface area (TPSA) is 53.1 Å². The van der Waals surface area contributed by atoms with Gasteiger partial charge in [0.05, 0.1) is 6.61 Å². The van der Waals surface area contributed by atoms with Crippen molar-refractivity contribution in [1.29, 1.82) is 0 Å². The number of nitrogens with zero attached hydrogens (tertiary/aromatic N) is 3. The first-order valence-electron chi connectivity index (χ1n) is 14.3. The van der Waals surface area contributed by atoms with Crippen LogP contribution in [0.5, 0.6) is 5.75 Å². The van der Waals surface area contributed by atoms with Crippen LogP contribution < -0.4 is 4.74 Å². The average Bonchev–Trinajstić information content (AvgIpc) is 2.91. The standard InChI is InChI=1S/C30H47N3O3/c1-30(2,3)26-12-8-24(9-13-26)28(34)32-19-21-33(22-20-32)29(35)25-10-14-27(15-11-25)36-23-7-18-31-16-5-4-6-17-31/h10-11,14-15,24,26H,4-9,12-13,16-23H2,1-3H3. The SMILES string of the molecule is CC(C)(C)C1CCC(C(=O)N2CCN(C(=O)c3ccc(OCCCN4CCCCC4)cc3)CC2)CC1. The molecule has 1 aromatic rings. The van der Waals surface area contributed by atoms with Crippen LogP contribution in [-0.2, 0) is 4.79 Å². The van der Waals surface area contributed by atoms with Crippen molar-refractivity contribution in [2.45, 2.75) is 72.1 Å². The van der Waals surface area contributed by atoms with Gasteiger partial charge in [0.2, 0.25) is 5.91 Å². The molecule has 2 aliphatic heterocycles. The number of likely N-dealkylation sites (tertiary alicyclic amines) is 1. The summed E-state index contributed by atoms with van der Waals surface area (Å²) < 4.78 is 5.90. The van der Waals surface area contributed by atoms with Crippen molar-refractivity contribution in [3.8, 4) is 5.75 Å². The maximum Gasteiger partial charge on any atom is 0.253 e. The van der Waals surface area contributed by atoms with E-state index in [9.17, 15) is 9.59 Å². The lowest BCUT2D eigenvalue weighted by molar-refractivity contribution is -0.138. The van der Waals surface area contributed by atoms with Crippen LogP contribution in [-0.4, -0.2) is 78.9 Å². The highest BCUT2D eigenvalue weighted by atomic mass is 16.5. The van der Waals surface area contributed by atoms with Crippen molar-refractivity contribution < 1.29 is 14.3 Å². The number of benzene rings is 1. The second-order valence-corrected chi connectivity index (χ2v) is 12.2. The van der Waals surface area contributed by atoms with E-state index in [0.717, 1.165) is 44.4 Å². The molecule has 36 heavy (non-hydrogen) atoms. The first kappa shape index (κ1) is 27.0. The Kier molecular flexibility index (Phi) is 9.32. The molecule has 2 heterocycles. The Morgan fingerprint density at radius 1 is 0.833 bits per heavy atom. The summed E-state index contributed by atoms with van der Waals surface area (Å²) in [6.45, 7) is 13.7. The average molecular weight is 498 g/mol. The van der Waals surface area contributed by atoms with E-state index >= 15 is 0 Å². The molecule has 0 atom stereocenters. The van der Waals surface area contributed by atoms with Gasteiger partial charge in [-0.05, 0) is 93.6 Å². The van der Waals surface area contributed by atoms with Crippen LogP contribution in [0.1, 0.15) is 82.5 Å². The third-order valence-corrected chi connectivity index (χ3v) is 8.62. The first-order chi connectivity index (χ1) is 17.3. The predicted molar refractivity (Wildman–Crippen MR) is 144 cm³/mol. The molecule has 1 saturated carbocycles. The van der Waals surface area contributed by atoms with Crippen molar-refractivity contribution in [2.75, 3.05) is 52.4 Å². The van der Waals surface area contributed by atoms with Gasteiger partial charge in [-0.25, -0.2) is 0 Å².